The maximum Gasteiger partial charge on any atom is 0.407 e. The molecule has 1 heterocycles. The summed E-state index contributed by atoms with van der Waals surface area (Å²) in [6.45, 7) is 0.0928. The number of hydrogen-bond acceptors (Lipinski definition) is 5. The fourth-order valence-electron chi connectivity index (χ4n) is 4.80. The van der Waals surface area contributed by atoms with E-state index < -0.39 is 24.1 Å². The largest absolute Gasteiger partial charge is 0.480 e. The molecule has 3 aromatic carbocycles. The van der Waals surface area contributed by atoms with Gasteiger partial charge in [-0.2, -0.15) is 0 Å². The van der Waals surface area contributed by atoms with Crippen molar-refractivity contribution in [3.05, 3.63) is 95.2 Å². The first-order valence-corrected chi connectivity index (χ1v) is 11.5. The molecule has 0 aliphatic heterocycles. The number of ether oxygens (including phenoxy) is 2. The predicted molar refractivity (Wildman–Crippen MR) is 133 cm³/mol. The molecular weight excluding hydrogens is 460 g/mol. The Bertz CT molecular complexity index is 1430. The Morgan fingerprint density at radius 1 is 1.00 bits per heavy atom. The molecule has 1 aliphatic carbocycles. The number of aliphatic carboxylic acids is 1. The lowest BCUT2D eigenvalue weighted by molar-refractivity contribution is -0.139. The molecule has 1 amide bonds. The van der Waals surface area contributed by atoms with Crippen molar-refractivity contribution in [1.82, 2.24) is 10.3 Å². The maximum atomic E-state index is 12.6. The number of H-pyrrole nitrogens is 1. The molecule has 0 radical (unpaired) electrons. The van der Waals surface area contributed by atoms with Crippen molar-refractivity contribution >= 4 is 28.9 Å². The zero-order valence-electron chi connectivity index (χ0n) is 19.5. The van der Waals surface area contributed by atoms with E-state index in [1.54, 1.807) is 24.4 Å². The van der Waals surface area contributed by atoms with Gasteiger partial charge in [-0.05, 0) is 39.9 Å². The molecule has 8 nitrogen and oxygen atoms in total. The number of fused-ring (bicyclic) bond motifs is 4. The van der Waals surface area contributed by atoms with Gasteiger partial charge in [0.1, 0.15) is 12.6 Å². The number of hydrogen-bond donors (Lipinski definition) is 3. The van der Waals surface area contributed by atoms with Crippen molar-refractivity contribution in [3.63, 3.8) is 0 Å². The van der Waals surface area contributed by atoms with Crippen molar-refractivity contribution in [1.29, 1.82) is 0 Å². The summed E-state index contributed by atoms with van der Waals surface area (Å²) in [5.41, 5.74) is 6.11. The molecule has 0 saturated heterocycles. The zero-order chi connectivity index (χ0) is 25.2. The van der Waals surface area contributed by atoms with Crippen molar-refractivity contribution in [2.45, 2.75) is 18.4 Å². The normalized spacial score (nSPS) is 13.0. The summed E-state index contributed by atoms with van der Waals surface area (Å²) in [6.07, 6.45) is 0.912. The molecule has 182 valence electrons. The number of amides is 1. The summed E-state index contributed by atoms with van der Waals surface area (Å²) >= 11 is 0. The van der Waals surface area contributed by atoms with Crippen LogP contribution >= 0.6 is 0 Å². The number of carbonyl (C=O) groups excluding carboxylic acids is 2. The third-order valence-corrected chi connectivity index (χ3v) is 6.55. The summed E-state index contributed by atoms with van der Waals surface area (Å²) in [7, 11) is 1.30. The number of aromatic nitrogens is 1. The van der Waals surface area contributed by atoms with Crippen LogP contribution in [0.5, 0.6) is 0 Å². The number of carboxylic acid groups (broad SMARTS) is 1. The van der Waals surface area contributed by atoms with Crippen LogP contribution in [0.3, 0.4) is 0 Å². The number of aromatic amines is 1. The first-order valence-electron chi connectivity index (χ1n) is 11.5. The second kappa shape index (κ2) is 9.58. The van der Waals surface area contributed by atoms with Crippen LogP contribution in [0.2, 0.25) is 0 Å². The average molecular weight is 485 g/mol. The Morgan fingerprint density at radius 2 is 1.67 bits per heavy atom. The Morgan fingerprint density at radius 3 is 2.31 bits per heavy atom. The van der Waals surface area contributed by atoms with E-state index in [4.69, 9.17) is 9.47 Å². The molecule has 0 spiro atoms. The standard InChI is InChI=1S/C28H24N2O6/c1-35-27(33)16-10-11-18-17(14-29-24(18)12-16)13-25(26(31)32)30-28(34)36-15-23-21-8-4-2-6-19(21)20-7-3-5-9-22(20)23/h2-12,14,23,25,29H,13,15H2,1H3,(H,30,34)(H,31,32). The van der Waals surface area contributed by atoms with E-state index in [2.05, 4.69) is 10.3 Å². The van der Waals surface area contributed by atoms with E-state index >= 15 is 0 Å². The Labute approximate surface area is 206 Å². The van der Waals surface area contributed by atoms with E-state index in [0.717, 1.165) is 27.6 Å². The van der Waals surface area contributed by atoms with Crippen LogP contribution in [0.4, 0.5) is 4.79 Å². The van der Waals surface area contributed by atoms with Crippen molar-refractivity contribution in [3.8, 4) is 11.1 Å². The van der Waals surface area contributed by atoms with E-state index in [-0.39, 0.29) is 18.9 Å². The molecule has 3 N–H and O–H groups in total. The van der Waals surface area contributed by atoms with Gasteiger partial charge in [0.2, 0.25) is 0 Å². The van der Waals surface area contributed by atoms with Gasteiger partial charge in [0.25, 0.3) is 0 Å². The summed E-state index contributed by atoms with van der Waals surface area (Å²) in [4.78, 5) is 39.4. The van der Waals surface area contributed by atoms with Gasteiger partial charge in [-0.1, -0.05) is 54.6 Å². The van der Waals surface area contributed by atoms with Gasteiger partial charge in [-0.15, -0.1) is 0 Å². The minimum absolute atomic E-state index is 0.0388. The van der Waals surface area contributed by atoms with Gasteiger partial charge in [0.05, 0.1) is 12.7 Å². The molecule has 0 fully saturated rings. The molecule has 0 saturated carbocycles. The minimum Gasteiger partial charge on any atom is -0.480 e. The minimum atomic E-state index is -1.19. The number of alkyl carbamates (subject to hydrolysis) is 1. The molecule has 1 aromatic heterocycles. The highest BCUT2D eigenvalue weighted by Crippen LogP contribution is 2.44. The molecule has 36 heavy (non-hydrogen) atoms. The number of benzene rings is 3. The van der Waals surface area contributed by atoms with E-state index in [9.17, 15) is 19.5 Å². The van der Waals surface area contributed by atoms with Crippen LogP contribution < -0.4 is 5.32 Å². The Kier molecular flexibility index (Phi) is 6.16. The van der Waals surface area contributed by atoms with Gasteiger partial charge in [0, 0.05) is 29.4 Å². The number of carbonyl (C=O) groups is 3. The quantitative estimate of drug-likeness (QED) is 0.333. The third-order valence-electron chi connectivity index (χ3n) is 6.55. The van der Waals surface area contributed by atoms with Gasteiger partial charge in [0.15, 0.2) is 0 Å². The van der Waals surface area contributed by atoms with Crippen molar-refractivity contribution < 1.29 is 29.0 Å². The zero-order valence-corrected chi connectivity index (χ0v) is 19.5. The lowest BCUT2D eigenvalue weighted by Crippen LogP contribution is -2.42. The molecular formula is C28H24N2O6. The number of carboxylic acids is 1. The molecule has 4 aromatic rings. The van der Waals surface area contributed by atoms with Crippen LogP contribution in [0.25, 0.3) is 22.0 Å². The second-order valence-corrected chi connectivity index (χ2v) is 8.63. The van der Waals surface area contributed by atoms with E-state index in [1.165, 1.54) is 7.11 Å². The van der Waals surface area contributed by atoms with Gasteiger partial charge >= 0.3 is 18.0 Å². The van der Waals surface area contributed by atoms with Gasteiger partial charge in [-0.25, -0.2) is 14.4 Å². The lowest BCUT2D eigenvalue weighted by atomic mass is 9.98. The molecule has 1 atom stereocenters. The number of esters is 1. The summed E-state index contributed by atoms with van der Waals surface area (Å²) in [5.74, 6) is -1.76. The first kappa shape index (κ1) is 23.2. The highest BCUT2D eigenvalue weighted by molar-refractivity contribution is 5.95. The Hall–Kier alpha value is -4.59. The maximum absolute atomic E-state index is 12.6. The molecule has 1 unspecified atom stereocenters. The van der Waals surface area contributed by atoms with E-state index in [0.29, 0.717) is 16.6 Å². The SMILES string of the molecule is COC(=O)c1ccc2c(CC(NC(=O)OCC3c4ccccc4-c4ccccc43)C(=O)O)c[nH]c2c1. The van der Waals surface area contributed by atoms with Gasteiger partial charge in [-0.3, -0.25) is 0 Å². The fraction of sp³-hybridized carbons (Fsp3) is 0.179. The van der Waals surface area contributed by atoms with Crippen LogP contribution in [0.1, 0.15) is 33.0 Å². The van der Waals surface area contributed by atoms with Crippen LogP contribution in [0.15, 0.2) is 72.9 Å². The van der Waals surface area contributed by atoms with Crippen LogP contribution in [-0.2, 0) is 20.7 Å². The lowest BCUT2D eigenvalue weighted by Gasteiger charge is -2.17. The topological polar surface area (TPSA) is 118 Å². The second-order valence-electron chi connectivity index (χ2n) is 8.63. The van der Waals surface area contributed by atoms with Crippen LogP contribution in [0, 0.1) is 0 Å². The van der Waals surface area contributed by atoms with Crippen molar-refractivity contribution in [2.24, 2.45) is 0 Å². The summed E-state index contributed by atoms with van der Waals surface area (Å²) in [5, 5.41) is 13.0. The first-order chi connectivity index (χ1) is 17.5. The highest BCUT2D eigenvalue weighted by atomic mass is 16.5. The Balaban J connectivity index is 1.27. The molecule has 8 heteroatoms. The smallest absolute Gasteiger partial charge is 0.407 e. The highest BCUT2D eigenvalue weighted by Gasteiger charge is 2.30. The summed E-state index contributed by atoms with van der Waals surface area (Å²) < 4.78 is 10.2. The monoisotopic (exact) mass is 484 g/mol. The van der Waals surface area contributed by atoms with Crippen molar-refractivity contribution in [2.75, 3.05) is 13.7 Å². The third kappa shape index (κ3) is 4.29. The molecule has 0 bridgehead atoms. The average Bonchev–Trinajstić information content (AvgIpc) is 3.44. The number of rotatable bonds is 7. The number of nitrogens with one attached hydrogen (secondary N) is 2. The fourth-order valence-corrected chi connectivity index (χ4v) is 4.80. The molecule has 1 aliphatic rings. The molecule has 5 rings (SSSR count). The number of methoxy groups -OCH3 is 1. The predicted octanol–water partition coefficient (Wildman–Crippen LogP) is 4.49. The van der Waals surface area contributed by atoms with Gasteiger partial charge < -0.3 is 24.9 Å². The summed E-state index contributed by atoms with van der Waals surface area (Å²) in [6, 6.07) is 19.8. The van der Waals surface area contributed by atoms with Crippen LogP contribution in [-0.4, -0.2) is 47.9 Å². The van der Waals surface area contributed by atoms with E-state index in [1.807, 2.05) is 48.5 Å².